The number of rotatable bonds is 6. The predicted molar refractivity (Wildman–Crippen MR) is 90.3 cm³/mol. The molecule has 24 heavy (non-hydrogen) atoms. The lowest BCUT2D eigenvalue weighted by atomic mass is 10.1. The minimum atomic E-state index is -3.91. The normalized spacial score (nSPS) is 12.6. The van der Waals surface area contributed by atoms with E-state index in [0.717, 1.165) is 22.7 Å². The molecule has 0 spiro atoms. The third-order valence-electron chi connectivity index (χ3n) is 3.32. The van der Waals surface area contributed by atoms with Crippen molar-refractivity contribution in [2.24, 2.45) is 0 Å². The molecule has 0 bridgehead atoms. The number of anilines is 1. The SMILES string of the molecule is CS(=O)(=O)N(c1ccc(F)cc1)C(Cc1cccc(Cl)c1)C(=O)O. The molecule has 128 valence electrons. The fourth-order valence-corrected chi connectivity index (χ4v) is 3.69. The Bertz CT molecular complexity index is 839. The molecule has 1 atom stereocenters. The molecule has 5 nitrogen and oxygen atoms in total. The van der Waals surface area contributed by atoms with Crippen LogP contribution in [0.4, 0.5) is 10.1 Å². The maximum absolute atomic E-state index is 13.1. The van der Waals surface area contributed by atoms with Crippen molar-refractivity contribution in [3.8, 4) is 0 Å². The molecule has 0 saturated carbocycles. The lowest BCUT2D eigenvalue weighted by molar-refractivity contribution is -0.138. The summed E-state index contributed by atoms with van der Waals surface area (Å²) in [7, 11) is -3.91. The fourth-order valence-electron chi connectivity index (χ4n) is 2.35. The predicted octanol–water partition coefficient (Wildman–Crippen LogP) is 2.94. The molecule has 8 heteroatoms. The van der Waals surface area contributed by atoms with E-state index in [1.165, 1.54) is 12.1 Å². The van der Waals surface area contributed by atoms with Crippen molar-refractivity contribution in [1.82, 2.24) is 0 Å². The molecule has 2 aromatic rings. The highest BCUT2D eigenvalue weighted by atomic mass is 35.5. The van der Waals surface area contributed by atoms with Crippen LogP contribution in [-0.2, 0) is 21.2 Å². The highest BCUT2D eigenvalue weighted by Crippen LogP contribution is 2.24. The molecular weight excluding hydrogens is 357 g/mol. The van der Waals surface area contributed by atoms with E-state index >= 15 is 0 Å². The third-order valence-corrected chi connectivity index (χ3v) is 4.74. The smallest absolute Gasteiger partial charge is 0.327 e. The largest absolute Gasteiger partial charge is 0.480 e. The molecule has 0 fully saturated rings. The average Bonchev–Trinajstić information content (AvgIpc) is 2.47. The van der Waals surface area contributed by atoms with Crippen LogP contribution in [-0.4, -0.2) is 31.8 Å². The van der Waals surface area contributed by atoms with E-state index in [1.807, 2.05) is 0 Å². The van der Waals surface area contributed by atoms with Gasteiger partial charge in [0.05, 0.1) is 11.9 Å². The first-order valence-electron chi connectivity index (χ1n) is 6.90. The quantitative estimate of drug-likeness (QED) is 0.847. The Morgan fingerprint density at radius 3 is 2.38 bits per heavy atom. The van der Waals surface area contributed by atoms with Crippen LogP contribution < -0.4 is 4.31 Å². The van der Waals surface area contributed by atoms with Gasteiger partial charge in [-0.15, -0.1) is 0 Å². The van der Waals surface area contributed by atoms with Crippen molar-refractivity contribution in [3.63, 3.8) is 0 Å². The van der Waals surface area contributed by atoms with Gasteiger partial charge in [0.15, 0.2) is 0 Å². The Labute approximate surface area is 144 Å². The molecule has 0 aromatic heterocycles. The van der Waals surface area contributed by atoms with E-state index in [1.54, 1.807) is 24.3 Å². The second-order valence-electron chi connectivity index (χ2n) is 5.22. The van der Waals surface area contributed by atoms with Crippen LogP contribution in [0.25, 0.3) is 0 Å². The van der Waals surface area contributed by atoms with E-state index in [9.17, 15) is 22.7 Å². The van der Waals surface area contributed by atoms with Crippen molar-refractivity contribution in [1.29, 1.82) is 0 Å². The Morgan fingerprint density at radius 2 is 1.88 bits per heavy atom. The topological polar surface area (TPSA) is 74.7 Å². The van der Waals surface area contributed by atoms with E-state index in [-0.39, 0.29) is 12.1 Å². The third kappa shape index (κ3) is 4.46. The van der Waals surface area contributed by atoms with Gasteiger partial charge in [-0.2, -0.15) is 0 Å². The first kappa shape index (κ1) is 18.2. The summed E-state index contributed by atoms with van der Waals surface area (Å²) in [4.78, 5) is 11.7. The Balaban J connectivity index is 2.47. The molecule has 2 rings (SSSR count). The molecule has 2 aromatic carbocycles. The van der Waals surface area contributed by atoms with Crippen LogP contribution in [0.15, 0.2) is 48.5 Å². The monoisotopic (exact) mass is 371 g/mol. The van der Waals surface area contributed by atoms with Crippen LogP contribution in [0.5, 0.6) is 0 Å². The van der Waals surface area contributed by atoms with Crippen LogP contribution in [0.3, 0.4) is 0 Å². The van der Waals surface area contributed by atoms with E-state index < -0.39 is 27.9 Å². The van der Waals surface area contributed by atoms with Crippen molar-refractivity contribution in [3.05, 3.63) is 64.9 Å². The Hall–Kier alpha value is -2.12. The van der Waals surface area contributed by atoms with Crippen molar-refractivity contribution in [2.75, 3.05) is 10.6 Å². The number of hydrogen-bond donors (Lipinski definition) is 1. The van der Waals surface area contributed by atoms with Crippen LogP contribution >= 0.6 is 11.6 Å². The fraction of sp³-hybridized carbons (Fsp3) is 0.188. The minimum Gasteiger partial charge on any atom is -0.480 e. The zero-order chi connectivity index (χ0) is 17.9. The molecule has 0 amide bonds. The lowest BCUT2D eigenvalue weighted by Gasteiger charge is -2.29. The van der Waals surface area contributed by atoms with Gasteiger partial charge < -0.3 is 5.11 Å². The molecular formula is C16H15ClFNO4S. The van der Waals surface area contributed by atoms with Crippen molar-refractivity contribution >= 4 is 33.3 Å². The molecule has 1 unspecified atom stereocenters. The van der Waals surface area contributed by atoms with Gasteiger partial charge in [-0.05, 0) is 42.0 Å². The molecule has 0 aliphatic carbocycles. The first-order chi connectivity index (χ1) is 11.2. The van der Waals surface area contributed by atoms with Gasteiger partial charge in [0, 0.05) is 11.4 Å². The summed E-state index contributed by atoms with van der Waals surface area (Å²) >= 11 is 5.89. The molecule has 0 saturated heterocycles. The number of carboxylic acids is 1. The highest BCUT2D eigenvalue weighted by Gasteiger charge is 2.32. The standard InChI is InChI=1S/C16H15ClFNO4S/c1-24(22,23)19(14-7-5-13(18)6-8-14)15(16(20)21)10-11-3-2-4-12(17)9-11/h2-9,15H,10H2,1H3,(H,20,21). The number of aliphatic carboxylic acids is 1. The number of benzene rings is 2. The molecule has 0 heterocycles. The second kappa shape index (κ2) is 7.19. The van der Waals surface area contributed by atoms with Crippen LogP contribution in [0, 0.1) is 5.82 Å². The van der Waals surface area contributed by atoms with Gasteiger partial charge in [-0.1, -0.05) is 23.7 Å². The summed E-state index contributed by atoms with van der Waals surface area (Å²) in [6, 6.07) is 9.74. The molecule has 0 aliphatic rings. The minimum absolute atomic E-state index is 0.0772. The summed E-state index contributed by atoms with van der Waals surface area (Å²) in [5, 5.41) is 9.96. The molecule has 0 aliphatic heterocycles. The van der Waals surface area contributed by atoms with Gasteiger partial charge in [0.2, 0.25) is 10.0 Å². The molecule has 0 radical (unpaired) electrons. The summed E-state index contributed by atoms with van der Waals surface area (Å²) in [6.45, 7) is 0. The zero-order valence-electron chi connectivity index (χ0n) is 12.7. The number of hydrogen-bond acceptors (Lipinski definition) is 3. The zero-order valence-corrected chi connectivity index (χ0v) is 14.3. The maximum atomic E-state index is 13.1. The Kier molecular flexibility index (Phi) is 5.46. The highest BCUT2D eigenvalue weighted by molar-refractivity contribution is 7.92. The first-order valence-corrected chi connectivity index (χ1v) is 9.13. The van der Waals surface area contributed by atoms with E-state index in [4.69, 9.17) is 11.6 Å². The molecule has 1 N–H and O–H groups in total. The second-order valence-corrected chi connectivity index (χ2v) is 7.52. The summed E-state index contributed by atoms with van der Waals surface area (Å²) < 4.78 is 38.2. The summed E-state index contributed by atoms with van der Waals surface area (Å²) in [5.74, 6) is -1.86. The summed E-state index contributed by atoms with van der Waals surface area (Å²) in [5.41, 5.74) is 0.652. The number of nitrogens with zero attached hydrogens (tertiary/aromatic N) is 1. The van der Waals surface area contributed by atoms with Crippen molar-refractivity contribution < 1.29 is 22.7 Å². The van der Waals surface area contributed by atoms with Gasteiger partial charge in [0.25, 0.3) is 0 Å². The van der Waals surface area contributed by atoms with Gasteiger partial charge in [-0.25, -0.2) is 17.6 Å². The number of halogens is 2. The van der Waals surface area contributed by atoms with Crippen LogP contribution in [0.1, 0.15) is 5.56 Å². The lowest BCUT2D eigenvalue weighted by Crippen LogP contribution is -2.46. The summed E-state index contributed by atoms with van der Waals surface area (Å²) in [6.07, 6.45) is 0.824. The number of carbonyl (C=O) groups is 1. The number of carboxylic acid groups (broad SMARTS) is 1. The maximum Gasteiger partial charge on any atom is 0.327 e. The number of sulfonamides is 1. The van der Waals surface area contributed by atoms with Gasteiger partial charge in [0.1, 0.15) is 11.9 Å². The van der Waals surface area contributed by atoms with Crippen LogP contribution in [0.2, 0.25) is 5.02 Å². The van der Waals surface area contributed by atoms with Crippen molar-refractivity contribution in [2.45, 2.75) is 12.5 Å². The van der Waals surface area contributed by atoms with E-state index in [0.29, 0.717) is 10.6 Å². The van der Waals surface area contributed by atoms with Gasteiger partial charge in [-0.3, -0.25) is 4.31 Å². The average molecular weight is 372 g/mol. The van der Waals surface area contributed by atoms with Gasteiger partial charge >= 0.3 is 5.97 Å². The van der Waals surface area contributed by atoms with E-state index in [2.05, 4.69) is 0 Å². The Morgan fingerprint density at radius 1 is 1.25 bits per heavy atom.